The maximum atomic E-state index is 11.6. The zero-order chi connectivity index (χ0) is 21.6. The number of anilines is 4. The average molecular weight is 435 g/mol. The van der Waals surface area contributed by atoms with E-state index >= 15 is 0 Å². The van der Waals surface area contributed by atoms with E-state index in [2.05, 4.69) is 38.1 Å². The molecule has 2 N–H and O–H groups in total. The van der Waals surface area contributed by atoms with Gasteiger partial charge >= 0.3 is 0 Å². The Balaban J connectivity index is 1.52. The largest absolute Gasteiger partial charge is 0.378 e. The number of hydrogen-bond acceptors (Lipinski definition) is 6. The molecule has 0 spiro atoms. The van der Waals surface area contributed by atoms with Gasteiger partial charge in [-0.3, -0.25) is 4.79 Å². The normalized spacial score (nSPS) is 13.5. The molecule has 1 aromatic heterocycles. The highest BCUT2D eigenvalue weighted by Gasteiger charge is 2.12. The van der Waals surface area contributed by atoms with Crippen molar-refractivity contribution in [2.45, 2.75) is 0 Å². The van der Waals surface area contributed by atoms with E-state index in [0.717, 1.165) is 43.2 Å². The number of nitrogens with one attached hydrogen (secondary N) is 2. The van der Waals surface area contributed by atoms with E-state index in [0.29, 0.717) is 22.4 Å². The Morgan fingerprint density at radius 1 is 1.23 bits per heavy atom. The van der Waals surface area contributed by atoms with Gasteiger partial charge in [0.05, 0.1) is 30.1 Å². The maximum absolute atomic E-state index is 11.6. The highest BCUT2D eigenvalue weighted by molar-refractivity contribution is 6.33. The first-order chi connectivity index (χ1) is 15.1. The van der Waals surface area contributed by atoms with Crippen LogP contribution < -0.4 is 15.5 Å². The fraction of sp³-hybridized carbons (Fsp3) is 0.174. The highest BCUT2D eigenvalue weighted by atomic mass is 35.5. The van der Waals surface area contributed by atoms with Gasteiger partial charge < -0.3 is 20.3 Å². The lowest BCUT2D eigenvalue weighted by atomic mass is 10.1. The summed E-state index contributed by atoms with van der Waals surface area (Å²) in [6, 6.07) is 16.4. The molecule has 157 valence electrons. The Hall–Kier alpha value is -3.42. The predicted molar refractivity (Wildman–Crippen MR) is 123 cm³/mol. The van der Waals surface area contributed by atoms with Crippen LogP contribution in [0.5, 0.6) is 0 Å². The minimum Gasteiger partial charge on any atom is -0.378 e. The molecule has 1 fully saturated rings. The maximum Gasteiger partial charge on any atom is 0.247 e. The molecule has 2 heterocycles. The molecule has 7 nitrogen and oxygen atoms in total. The van der Waals surface area contributed by atoms with E-state index < -0.39 is 0 Å². The molecule has 8 heteroatoms. The van der Waals surface area contributed by atoms with E-state index in [1.807, 2.05) is 30.3 Å². The highest BCUT2D eigenvalue weighted by Crippen LogP contribution is 2.29. The van der Waals surface area contributed by atoms with Gasteiger partial charge in [-0.05, 0) is 36.4 Å². The van der Waals surface area contributed by atoms with E-state index in [1.165, 1.54) is 6.08 Å². The fourth-order valence-corrected chi connectivity index (χ4v) is 3.39. The molecule has 0 bridgehead atoms. The molecule has 0 saturated carbocycles. The molecule has 4 rings (SSSR count). The van der Waals surface area contributed by atoms with Gasteiger partial charge in [0.1, 0.15) is 0 Å². The van der Waals surface area contributed by atoms with Crippen molar-refractivity contribution >= 4 is 40.5 Å². The summed E-state index contributed by atoms with van der Waals surface area (Å²) in [6.07, 6.45) is 2.76. The van der Waals surface area contributed by atoms with E-state index in [1.54, 1.807) is 18.3 Å². The minimum atomic E-state index is -0.287. The van der Waals surface area contributed by atoms with E-state index in [9.17, 15) is 4.79 Å². The molecule has 31 heavy (non-hydrogen) atoms. The van der Waals surface area contributed by atoms with Crippen molar-refractivity contribution < 1.29 is 9.53 Å². The lowest BCUT2D eigenvalue weighted by Gasteiger charge is -2.28. The number of nitrogens with zero attached hydrogens (tertiary/aromatic N) is 3. The van der Waals surface area contributed by atoms with Crippen LogP contribution in [0.4, 0.5) is 23.0 Å². The van der Waals surface area contributed by atoms with Crippen LogP contribution in [0.15, 0.2) is 61.3 Å². The zero-order valence-corrected chi connectivity index (χ0v) is 17.5. The molecule has 1 saturated heterocycles. The summed E-state index contributed by atoms with van der Waals surface area (Å²) >= 11 is 6.35. The summed E-state index contributed by atoms with van der Waals surface area (Å²) in [7, 11) is 0. The first-order valence-electron chi connectivity index (χ1n) is 9.80. The fourth-order valence-electron chi connectivity index (χ4n) is 3.19. The number of carbonyl (C=O) groups excluding carboxylic acids is 1. The SMILES string of the molecule is C=CC(=O)Nc1cccc(-c2nc(Nc3c[c]c(N4CCOCC4)cc3)ncc2Cl)c1. The molecule has 1 aliphatic rings. The van der Waals surface area contributed by atoms with Gasteiger partial charge in [0, 0.05) is 41.8 Å². The van der Waals surface area contributed by atoms with Crippen LogP contribution in [0, 0.1) is 6.07 Å². The summed E-state index contributed by atoms with van der Waals surface area (Å²) < 4.78 is 5.39. The standard InChI is InChI=1S/C23H21ClN5O2/c1-2-21(30)26-18-5-3-4-16(14-18)22-20(24)15-25-23(28-22)27-17-6-8-19(9-7-17)29-10-12-31-13-11-29/h2-8,14-15H,1,10-13H2,(H,26,30)(H,25,27,28). The lowest BCUT2D eigenvalue weighted by Crippen LogP contribution is -2.36. The van der Waals surface area contributed by atoms with Crippen molar-refractivity contribution in [2.24, 2.45) is 0 Å². The van der Waals surface area contributed by atoms with Gasteiger partial charge in [-0.1, -0.05) is 30.3 Å². The van der Waals surface area contributed by atoms with E-state index in [4.69, 9.17) is 16.3 Å². The smallest absolute Gasteiger partial charge is 0.247 e. The predicted octanol–water partition coefficient (Wildman–Crippen LogP) is 4.30. The Morgan fingerprint density at radius 2 is 2.06 bits per heavy atom. The summed E-state index contributed by atoms with van der Waals surface area (Å²) in [5.41, 5.74) is 3.79. The minimum absolute atomic E-state index is 0.287. The van der Waals surface area contributed by atoms with Gasteiger partial charge in [0.25, 0.3) is 0 Å². The van der Waals surface area contributed by atoms with Crippen LogP contribution in [0.3, 0.4) is 0 Å². The lowest BCUT2D eigenvalue weighted by molar-refractivity contribution is -0.111. The van der Waals surface area contributed by atoms with Gasteiger partial charge in [-0.15, -0.1) is 0 Å². The van der Waals surface area contributed by atoms with Crippen LogP contribution in [-0.4, -0.2) is 42.2 Å². The monoisotopic (exact) mass is 434 g/mol. The number of rotatable bonds is 6. The van der Waals surface area contributed by atoms with Crippen LogP contribution >= 0.6 is 11.6 Å². The number of morpholine rings is 1. The molecule has 0 aliphatic carbocycles. The third kappa shape index (κ3) is 5.20. The van der Waals surface area contributed by atoms with Crippen molar-refractivity contribution in [2.75, 3.05) is 41.8 Å². The Kier molecular flexibility index (Phi) is 6.45. The van der Waals surface area contributed by atoms with Crippen molar-refractivity contribution in [3.05, 3.63) is 72.4 Å². The number of carbonyl (C=O) groups is 1. The summed E-state index contributed by atoms with van der Waals surface area (Å²) in [4.78, 5) is 22.7. The topological polar surface area (TPSA) is 79.4 Å². The zero-order valence-electron chi connectivity index (χ0n) is 16.8. The number of aromatic nitrogens is 2. The molecular formula is C23H21ClN5O2. The van der Waals surface area contributed by atoms with Crippen LogP contribution in [-0.2, 0) is 9.53 Å². The molecule has 1 radical (unpaired) electrons. The average Bonchev–Trinajstić information content (AvgIpc) is 2.81. The summed E-state index contributed by atoms with van der Waals surface area (Å²) in [6.45, 7) is 6.64. The van der Waals surface area contributed by atoms with Crippen LogP contribution in [0.1, 0.15) is 0 Å². The molecule has 0 atom stereocenters. The Bertz CT molecular complexity index is 1080. The van der Waals surface area contributed by atoms with Crippen molar-refractivity contribution in [3.63, 3.8) is 0 Å². The third-order valence-corrected chi connectivity index (χ3v) is 5.01. The van der Waals surface area contributed by atoms with Crippen molar-refractivity contribution in [1.82, 2.24) is 9.97 Å². The van der Waals surface area contributed by atoms with Crippen molar-refractivity contribution in [1.29, 1.82) is 0 Å². The van der Waals surface area contributed by atoms with Gasteiger partial charge in [-0.2, -0.15) is 0 Å². The quantitative estimate of drug-likeness (QED) is 0.563. The molecule has 2 aromatic carbocycles. The molecular weight excluding hydrogens is 414 g/mol. The van der Waals surface area contributed by atoms with Crippen LogP contribution in [0.25, 0.3) is 11.3 Å². The summed E-state index contributed by atoms with van der Waals surface area (Å²) in [5, 5.41) is 6.33. The van der Waals surface area contributed by atoms with Gasteiger partial charge in [-0.25, -0.2) is 9.97 Å². The first kappa shape index (κ1) is 20.8. The number of ether oxygens (including phenoxy) is 1. The van der Waals surface area contributed by atoms with Crippen LogP contribution in [0.2, 0.25) is 5.02 Å². The number of hydrogen-bond donors (Lipinski definition) is 2. The third-order valence-electron chi connectivity index (χ3n) is 4.74. The molecule has 3 aromatic rings. The second-order valence-electron chi connectivity index (χ2n) is 6.85. The summed E-state index contributed by atoms with van der Waals surface area (Å²) in [5.74, 6) is 0.123. The number of halogens is 1. The van der Waals surface area contributed by atoms with Gasteiger partial charge in [0.2, 0.25) is 11.9 Å². The Labute approximate surface area is 185 Å². The first-order valence-corrected chi connectivity index (χ1v) is 10.2. The van der Waals surface area contributed by atoms with Gasteiger partial charge in [0.15, 0.2) is 0 Å². The molecule has 0 unspecified atom stereocenters. The van der Waals surface area contributed by atoms with E-state index in [-0.39, 0.29) is 5.91 Å². The second-order valence-corrected chi connectivity index (χ2v) is 7.26. The molecule has 1 amide bonds. The second kappa shape index (κ2) is 9.59. The number of benzene rings is 2. The molecule has 1 aliphatic heterocycles. The van der Waals surface area contributed by atoms with Crippen molar-refractivity contribution in [3.8, 4) is 11.3 Å². The Morgan fingerprint density at radius 3 is 2.81 bits per heavy atom. The number of amides is 1.